The normalized spacial score (nSPS) is 10.6. The Morgan fingerprint density at radius 2 is 0.957 bits per heavy atom. The highest BCUT2D eigenvalue weighted by Crippen LogP contribution is 2.29. The predicted octanol–water partition coefficient (Wildman–Crippen LogP) is 4.86. The molecule has 2 radical (unpaired) electrons. The molecular formula is C21H28N2. The first-order chi connectivity index (χ1) is 11.2. The van der Waals surface area contributed by atoms with Gasteiger partial charge in [0.1, 0.15) is 0 Å². The van der Waals surface area contributed by atoms with Crippen molar-refractivity contribution in [1.82, 2.24) is 0 Å². The van der Waals surface area contributed by atoms with Gasteiger partial charge >= 0.3 is 0 Å². The van der Waals surface area contributed by atoms with Crippen LogP contribution in [-0.4, -0.2) is 26.2 Å². The number of nitrogens with zero attached hydrogens (tertiary/aromatic N) is 2. The van der Waals surface area contributed by atoms with Crippen molar-refractivity contribution < 1.29 is 0 Å². The van der Waals surface area contributed by atoms with E-state index in [4.69, 9.17) is 0 Å². The van der Waals surface area contributed by atoms with Crippen LogP contribution >= 0.6 is 0 Å². The van der Waals surface area contributed by atoms with Gasteiger partial charge in [-0.1, -0.05) is 36.4 Å². The van der Waals surface area contributed by atoms with Gasteiger partial charge in [-0.3, -0.25) is 0 Å². The van der Waals surface area contributed by atoms with Gasteiger partial charge in [0, 0.05) is 37.6 Å². The second kappa shape index (κ2) is 8.61. The fourth-order valence-electron chi connectivity index (χ4n) is 2.98. The van der Waals surface area contributed by atoms with Crippen LogP contribution in [0.5, 0.6) is 0 Å². The molecule has 0 atom stereocenters. The summed E-state index contributed by atoms with van der Waals surface area (Å²) in [5.74, 6) is 0. The second-order valence-corrected chi connectivity index (χ2v) is 5.50. The van der Waals surface area contributed by atoms with E-state index in [-0.39, 0.29) is 0 Å². The van der Waals surface area contributed by atoms with Crippen molar-refractivity contribution in [2.75, 3.05) is 36.0 Å². The van der Waals surface area contributed by atoms with Gasteiger partial charge in [0.25, 0.3) is 0 Å². The molecule has 0 unspecified atom stereocenters. The van der Waals surface area contributed by atoms with Crippen LogP contribution in [0.4, 0.5) is 11.4 Å². The van der Waals surface area contributed by atoms with Crippen LogP contribution < -0.4 is 9.80 Å². The summed E-state index contributed by atoms with van der Waals surface area (Å²) in [6, 6.07) is 17.1. The molecule has 0 aliphatic carbocycles. The van der Waals surface area contributed by atoms with Crippen molar-refractivity contribution in [3.05, 3.63) is 66.1 Å². The van der Waals surface area contributed by atoms with Crippen molar-refractivity contribution in [3.63, 3.8) is 0 Å². The first kappa shape index (κ1) is 17.4. The van der Waals surface area contributed by atoms with Crippen molar-refractivity contribution in [3.8, 4) is 0 Å². The van der Waals surface area contributed by atoms with Gasteiger partial charge in [0.2, 0.25) is 0 Å². The fourth-order valence-corrected chi connectivity index (χ4v) is 2.98. The molecule has 0 aliphatic rings. The summed E-state index contributed by atoms with van der Waals surface area (Å²) in [5, 5.41) is 0. The van der Waals surface area contributed by atoms with Crippen LogP contribution in [-0.2, 0) is 0 Å². The van der Waals surface area contributed by atoms with Gasteiger partial charge in [-0.2, -0.15) is 0 Å². The largest absolute Gasteiger partial charge is 0.372 e. The van der Waals surface area contributed by atoms with E-state index in [2.05, 4.69) is 92.4 Å². The quantitative estimate of drug-likeness (QED) is 0.687. The minimum Gasteiger partial charge on any atom is -0.372 e. The zero-order chi connectivity index (χ0) is 16.7. The number of hydrogen-bond acceptors (Lipinski definition) is 2. The third-order valence-corrected chi connectivity index (χ3v) is 4.29. The maximum atomic E-state index is 3.66. The van der Waals surface area contributed by atoms with Crippen molar-refractivity contribution >= 4 is 11.4 Å². The monoisotopic (exact) mass is 308 g/mol. The molecule has 0 amide bonds. The average molecular weight is 308 g/mol. The molecular weight excluding hydrogens is 280 g/mol. The Kier molecular flexibility index (Phi) is 6.52. The van der Waals surface area contributed by atoms with Crippen molar-refractivity contribution in [2.45, 2.75) is 27.7 Å². The number of anilines is 2. The Balaban J connectivity index is 2.37. The van der Waals surface area contributed by atoms with Crippen LogP contribution in [0.1, 0.15) is 38.8 Å². The molecule has 2 nitrogen and oxygen atoms in total. The molecule has 0 bridgehead atoms. The highest BCUT2D eigenvalue weighted by Gasteiger charge is 2.13. The molecule has 0 aromatic heterocycles. The van der Waals surface area contributed by atoms with Gasteiger partial charge in [0.05, 0.1) is 6.42 Å². The molecule has 2 heteroatoms. The maximum absolute atomic E-state index is 3.66. The number of para-hydroxylation sites is 2. The summed E-state index contributed by atoms with van der Waals surface area (Å²) in [6.45, 7) is 12.8. The van der Waals surface area contributed by atoms with E-state index < -0.39 is 0 Å². The molecule has 0 saturated carbocycles. The minimum atomic E-state index is 1.01. The molecule has 2 rings (SSSR count). The molecule has 122 valence electrons. The maximum Gasteiger partial charge on any atom is 0.0545 e. The summed E-state index contributed by atoms with van der Waals surface area (Å²) >= 11 is 0. The number of rotatable bonds is 8. The van der Waals surface area contributed by atoms with Crippen LogP contribution in [0.2, 0.25) is 0 Å². The van der Waals surface area contributed by atoms with Crippen LogP contribution in [0.15, 0.2) is 48.5 Å². The van der Waals surface area contributed by atoms with E-state index in [1.165, 1.54) is 11.4 Å². The van der Waals surface area contributed by atoms with Gasteiger partial charge in [-0.15, -0.1) is 0 Å². The zero-order valence-corrected chi connectivity index (χ0v) is 14.8. The number of hydrogen-bond donors (Lipinski definition) is 0. The van der Waals surface area contributed by atoms with E-state index >= 15 is 0 Å². The van der Waals surface area contributed by atoms with Gasteiger partial charge in [-0.05, 0) is 51.0 Å². The van der Waals surface area contributed by atoms with E-state index in [0.29, 0.717) is 0 Å². The first-order valence-electron chi connectivity index (χ1n) is 8.70. The van der Waals surface area contributed by atoms with Crippen LogP contribution in [0.25, 0.3) is 0 Å². The predicted molar refractivity (Wildman–Crippen MR) is 101 cm³/mol. The highest BCUT2D eigenvalue weighted by atomic mass is 15.1. The third kappa shape index (κ3) is 4.07. The van der Waals surface area contributed by atoms with Gasteiger partial charge in [0.15, 0.2) is 0 Å². The molecule has 0 heterocycles. The Labute approximate surface area is 141 Å². The summed E-state index contributed by atoms with van der Waals surface area (Å²) in [4.78, 5) is 4.75. The van der Waals surface area contributed by atoms with Gasteiger partial charge in [-0.25, -0.2) is 0 Å². The van der Waals surface area contributed by atoms with E-state index in [1.54, 1.807) is 0 Å². The van der Waals surface area contributed by atoms with E-state index in [9.17, 15) is 0 Å². The zero-order valence-electron chi connectivity index (χ0n) is 14.8. The SMILES string of the molecule is CCN(CC)c1ccccc1[C]c1ccccc1N(CC)CC. The fraction of sp³-hybridized carbons (Fsp3) is 0.381. The molecule has 2 aromatic rings. The van der Waals surface area contributed by atoms with Crippen molar-refractivity contribution in [2.24, 2.45) is 0 Å². The Morgan fingerprint density at radius 1 is 0.609 bits per heavy atom. The summed E-state index contributed by atoms with van der Waals surface area (Å²) in [6.07, 6.45) is 3.66. The standard InChI is InChI=1S/C21H28N2/c1-5-22(6-2)20-15-11-9-13-18(20)17-19-14-10-12-16-21(19)23(7-3)8-4/h9-16H,5-8H2,1-4H3. The highest BCUT2D eigenvalue weighted by molar-refractivity contribution is 5.65. The smallest absolute Gasteiger partial charge is 0.0545 e. The molecule has 0 N–H and O–H groups in total. The lowest BCUT2D eigenvalue weighted by Gasteiger charge is -2.26. The number of benzene rings is 2. The molecule has 0 aliphatic heterocycles. The summed E-state index contributed by atoms with van der Waals surface area (Å²) < 4.78 is 0. The Hall–Kier alpha value is -1.96. The van der Waals surface area contributed by atoms with Crippen LogP contribution in [0.3, 0.4) is 0 Å². The molecule has 2 aromatic carbocycles. The lowest BCUT2D eigenvalue weighted by molar-refractivity contribution is 0.859. The molecule has 23 heavy (non-hydrogen) atoms. The Bertz CT molecular complexity index is 545. The van der Waals surface area contributed by atoms with Crippen molar-refractivity contribution in [1.29, 1.82) is 0 Å². The lowest BCUT2D eigenvalue weighted by Crippen LogP contribution is -2.24. The van der Waals surface area contributed by atoms with Gasteiger partial charge < -0.3 is 9.80 Å². The molecule has 0 fully saturated rings. The van der Waals surface area contributed by atoms with E-state index in [1.807, 2.05) is 0 Å². The second-order valence-electron chi connectivity index (χ2n) is 5.50. The first-order valence-corrected chi connectivity index (χ1v) is 8.70. The topological polar surface area (TPSA) is 6.48 Å². The molecule has 0 spiro atoms. The molecule has 0 saturated heterocycles. The van der Waals surface area contributed by atoms with E-state index in [0.717, 1.165) is 37.3 Å². The summed E-state index contributed by atoms with van der Waals surface area (Å²) in [5.41, 5.74) is 4.84. The Morgan fingerprint density at radius 3 is 1.30 bits per heavy atom. The summed E-state index contributed by atoms with van der Waals surface area (Å²) in [7, 11) is 0. The third-order valence-electron chi connectivity index (χ3n) is 4.29. The minimum absolute atomic E-state index is 1.01. The lowest BCUT2D eigenvalue weighted by atomic mass is 10.0. The van der Waals surface area contributed by atoms with Crippen LogP contribution in [0, 0.1) is 6.42 Å². The average Bonchev–Trinajstić information content (AvgIpc) is 2.60.